The number of ether oxygens (including phenoxy) is 2. The molecule has 0 bridgehead atoms. The topological polar surface area (TPSA) is 64.2 Å². The standard InChI is InChI=1S/C22H23ClN2O3S/c1-3-4-10-28-17-12-13(8-9-16(17)27-2)11-15(23)20-24-21(26)19-14-6-5-7-18(14)29-22(19)25-20/h8-9,11-12H,3-7,10H2,1-2H3,(H,24,25,26)/b15-11-. The summed E-state index contributed by atoms with van der Waals surface area (Å²) in [5.41, 5.74) is 1.89. The fraction of sp³-hybridized carbons (Fsp3) is 0.364. The van der Waals surface area contributed by atoms with Crippen LogP contribution in [0.3, 0.4) is 0 Å². The zero-order chi connectivity index (χ0) is 20.4. The summed E-state index contributed by atoms with van der Waals surface area (Å²) in [5, 5.41) is 1.11. The highest BCUT2D eigenvalue weighted by Crippen LogP contribution is 2.35. The SMILES string of the molecule is CCCCOc1cc(/C=C(\Cl)c2nc3sc4c(c3c(=O)[nH]2)CCC4)ccc1OC. The van der Waals surface area contributed by atoms with Crippen molar-refractivity contribution in [1.29, 1.82) is 0 Å². The van der Waals surface area contributed by atoms with Crippen LogP contribution in [0.25, 0.3) is 21.3 Å². The van der Waals surface area contributed by atoms with Crippen molar-refractivity contribution in [2.45, 2.75) is 39.0 Å². The van der Waals surface area contributed by atoms with Crippen molar-refractivity contribution in [3.63, 3.8) is 0 Å². The minimum absolute atomic E-state index is 0.116. The number of hydrogen-bond donors (Lipinski definition) is 1. The van der Waals surface area contributed by atoms with Crippen LogP contribution < -0.4 is 15.0 Å². The number of benzene rings is 1. The number of unbranched alkanes of at least 4 members (excludes halogenated alkanes) is 1. The van der Waals surface area contributed by atoms with Gasteiger partial charge in [-0.25, -0.2) is 4.98 Å². The van der Waals surface area contributed by atoms with E-state index in [0.717, 1.165) is 53.4 Å². The molecule has 1 aromatic carbocycles. The van der Waals surface area contributed by atoms with Gasteiger partial charge in [0.05, 0.1) is 24.1 Å². The van der Waals surface area contributed by atoms with Crippen LogP contribution in [0.15, 0.2) is 23.0 Å². The molecular formula is C22H23ClN2O3S. The van der Waals surface area contributed by atoms with Gasteiger partial charge >= 0.3 is 0 Å². The molecule has 4 rings (SSSR count). The highest BCUT2D eigenvalue weighted by Gasteiger charge is 2.21. The van der Waals surface area contributed by atoms with E-state index in [1.54, 1.807) is 24.5 Å². The minimum Gasteiger partial charge on any atom is -0.493 e. The van der Waals surface area contributed by atoms with Crippen LogP contribution in [0.5, 0.6) is 11.5 Å². The summed E-state index contributed by atoms with van der Waals surface area (Å²) in [6, 6.07) is 5.62. The summed E-state index contributed by atoms with van der Waals surface area (Å²) < 4.78 is 11.2. The van der Waals surface area contributed by atoms with E-state index in [1.165, 1.54) is 4.88 Å². The second-order valence-electron chi connectivity index (χ2n) is 7.06. The summed E-state index contributed by atoms with van der Waals surface area (Å²) in [7, 11) is 1.62. The quantitative estimate of drug-likeness (QED) is 0.510. The lowest BCUT2D eigenvalue weighted by atomic mass is 10.1. The number of hydrogen-bond acceptors (Lipinski definition) is 5. The molecule has 0 saturated carbocycles. The number of thiophene rings is 1. The molecule has 0 unspecified atom stereocenters. The molecule has 0 spiro atoms. The van der Waals surface area contributed by atoms with Crippen molar-refractivity contribution < 1.29 is 9.47 Å². The first kappa shape index (κ1) is 20.0. The van der Waals surface area contributed by atoms with E-state index in [2.05, 4.69) is 16.9 Å². The van der Waals surface area contributed by atoms with Crippen molar-refractivity contribution in [1.82, 2.24) is 9.97 Å². The van der Waals surface area contributed by atoms with E-state index < -0.39 is 0 Å². The third-order valence-electron chi connectivity index (χ3n) is 5.04. The van der Waals surface area contributed by atoms with Crippen molar-refractivity contribution >= 4 is 44.3 Å². The minimum atomic E-state index is -0.116. The molecule has 2 heterocycles. The molecule has 5 nitrogen and oxygen atoms in total. The smallest absolute Gasteiger partial charge is 0.260 e. The predicted molar refractivity (Wildman–Crippen MR) is 119 cm³/mol. The second-order valence-corrected chi connectivity index (χ2v) is 8.55. The van der Waals surface area contributed by atoms with Gasteiger partial charge in [-0.15, -0.1) is 11.3 Å². The zero-order valence-corrected chi connectivity index (χ0v) is 18.1. The number of fused-ring (bicyclic) bond motifs is 3. The average molecular weight is 431 g/mol. The van der Waals surface area contributed by atoms with E-state index in [9.17, 15) is 4.79 Å². The Bertz CT molecular complexity index is 1130. The number of nitrogens with one attached hydrogen (secondary N) is 1. The molecule has 7 heteroatoms. The third-order valence-corrected chi connectivity index (χ3v) is 6.51. The molecule has 152 valence electrons. The Labute approximate surface area is 178 Å². The van der Waals surface area contributed by atoms with Gasteiger partial charge in [0.25, 0.3) is 5.56 Å². The Morgan fingerprint density at radius 1 is 1.34 bits per heavy atom. The molecule has 0 saturated heterocycles. The van der Waals surface area contributed by atoms with Gasteiger partial charge in [0.2, 0.25) is 0 Å². The number of aryl methyl sites for hydroxylation is 2. The average Bonchev–Trinajstić information content (AvgIpc) is 3.29. The van der Waals surface area contributed by atoms with E-state index in [0.29, 0.717) is 29.0 Å². The highest BCUT2D eigenvalue weighted by atomic mass is 35.5. The zero-order valence-electron chi connectivity index (χ0n) is 16.5. The number of aromatic nitrogens is 2. The first-order valence-corrected chi connectivity index (χ1v) is 11.0. The molecule has 0 atom stereocenters. The van der Waals surface area contributed by atoms with Crippen LogP contribution in [-0.2, 0) is 12.8 Å². The van der Waals surface area contributed by atoms with Crippen molar-refractivity contribution in [3.8, 4) is 11.5 Å². The Balaban J connectivity index is 1.66. The first-order valence-electron chi connectivity index (χ1n) is 9.83. The fourth-order valence-electron chi connectivity index (χ4n) is 3.55. The summed E-state index contributed by atoms with van der Waals surface area (Å²) in [4.78, 5) is 22.2. The number of H-pyrrole nitrogens is 1. The molecule has 0 radical (unpaired) electrons. The van der Waals surface area contributed by atoms with Crippen LogP contribution in [0.2, 0.25) is 0 Å². The predicted octanol–water partition coefficient (Wildman–Crippen LogP) is 5.40. The van der Waals surface area contributed by atoms with Crippen LogP contribution >= 0.6 is 22.9 Å². The Kier molecular flexibility index (Phi) is 5.92. The van der Waals surface area contributed by atoms with Gasteiger partial charge in [0.15, 0.2) is 17.3 Å². The maximum atomic E-state index is 12.7. The number of aromatic amines is 1. The van der Waals surface area contributed by atoms with Crippen molar-refractivity contribution in [3.05, 3.63) is 50.4 Å². The molecule has 1 aliphatic carbocycles. The van der Waals surface area contributed by atoms with Gasteiger partial charge in [-0.05, 0) is 55.0 Å². The van der Waals surface area contributed by atoms with Gasteiger partial charge in [-0.1, -0.05) is 31.0 Å². The molecule has 1 aliphatic rings. The first-order chi connectivity index (χ1) is 14.1. The van der Waals surface area contributed by atoms with E-state index in [-0.39, 0.29) is 5.56 Å². The number of methoxy groups -OCH3 is 1. The second kappa shape index (κ2) is 8.59. The Morgan fingerprint density at radius 2 is 2.21 bits per heavy atom. The van der Waals surface area contributed by atoms with Gasteiger partial charge in [-0.2, -0.15) is 0 Å². The number of nitrogens with zero attached hydrogens (tertiary/aromatic N) is 1. The molecule has 3 aromatic rings. The van der Waals surface area contributed by atoms with Crippen LogP contribution in [0.4, 0.5) is 0 Å². The Hall–Kier alpha value is -2.31. The number of halogens is 1. The summed E-state index contributed by atoms with van der Waals surface area (Å²) in [6.07, 6.45) is 6.90. The molecule has 0 fully saturated rings. The van der Waals surface area contributed by atoms with Gasteiger partial charge < -0.3 is 14.5 Å². The van der Waals surface area contributed by atoms with E-state index in [1.807, 2.05) is 18.2 Å². The summed E-state index contributed by atoms with van der Waals surface area (Å²) in [5.74, 6) is 1.73. The normalized spacial score (nSPS) is 13.7. The van der Waals surface area contributed by atoms with E-state index >= 15 is 0 Å². The maximum absolute atomic E-state index is 12.7. The lowest BCUT2D eigenvalue weighted by molar-refractivity contribution is 0.288. The Morgan fingerprint density at radius 3 is 3.00 bits per heavy atom. The van der Waals surface area contributed by atoms with Gasteiger partial charge in [0.1, 0.15) is 4.83 Å². The molecule has 0 aliphatic heterocycles. The third kappa shape index (κ3) is 4.05. The largest absolute Gasteiger partial charge is 0.493 e. The summed E-state index contributed by atoms with van der Waals surface area (Å²) >= 11 is 8.12. The van der Waals surface area contributed by atoms with E-state index in [4.69, 9.17) is 21.1 Å². The lowest BCUT2D eigenvalue weighted by Crippen LogP contribution is -2.10. The van der Waals surface area contributed by atoms with Crippen LogP contribution in [-0.4, -0.2) is 23.7 Å². The lowest BCUT2D eigenvalue weighted by Gasteiger charge is -2.11. The molecule has 0 amide bonds. The molecule has 2 aromatic heterocycles. The monoisotopic (exact) mass is 430 g/mol. The van der Waals surface area contributed by atoms with Crippen LogP contribution in [0.1, 0.15) is 48.0 Å². The molecule has 1 N–H and O–H groups in total. The van der Waals surface area contributed by atoms with Gasteiger partial charge in [0, 0.05) is 4.88 Å². The molecular weight excluding hydrogens is 408 g/mol. The van der Waals surface area contributed by atoms with Crippen molar-refractivity contribution in [2.24, 2.45) is 0 Å². The molecule has 29 heavy (non-hydrogen) atoms. The summed E-state index contributed by atoms with van der Waals surface area (Å²) in [6.45, 7) is 2.74. The maximum Gasteiger partial charge on any atom is 0.260 e. The van der Waals surface area contributed by atoms with Crippen LogP contribution in [0, 0.1) is 0 Å². The fourth-order valence-corrected chi connectivity index (χ4v) is 5.03. The van der Waals surface area contributed by atoms with Gasteiger partial charge in [-0.3, -0.25) is 4.79 Å². The highest BCUT2D eigenvalue weighted by molar-refractivity contribution is 7.18. The number of rotatable bonds is 7. The van der Waals surface area contributed by atoms with Crippen molar-refractivity contribution in [2.75, 3.05) is 13.7 Å².